The molecule has 1 nitrogen and oxygen atoms in total. The average Bonchev–Trinajstić information content (AvgIpc) is 2.72. The highest BCUT2D eigenvalue weighted by Crippen LogP contribution is 2.39. The van der Waals surface area contributed by atoms with Crippen LogP contribution in [-0.4, -0.2) is 6.04 Å². The molecule has 0 saturated heterocycles. The van der Waals surface area contributed by atoms with Crippen LogP contribution in [0.5, 0.6) is 0 Å². The van der Waals surface area contributed by atoms with E-state index in [4.69, 9.17) is 0 Å². The number of fused-ring (bicyclic) bond motifs is 2. The van der Waals surface area contributed by atoms with Gasteiger partial charge in [-0.05, 0) is 55.4 Å². The summed E-state index contributed by atoms with van der Waals surface area (Å²) >= 11 is 0. The van der Waals surface area contributed by atoms with Gasteiger partial charge in [0.15, 0.2) is 0 Å². The lowest BCUT2D eigenvalue weighted by Crippen LogP contribution is -2.31. The van der Waals surface area contributed by atoms with E-state index in [2.05, 4.69) is 65.6 Å². The van der Waals surface area contributed by atoms with Crippen molar-refractivity contribution >= 4 is 11.4 Å². The van der Waals surface area contributed by atoms with Gasteiger partial charge >= 0.3 is 0 Å². The van der Waals surface area contributed by atoms with Gasteiger partial charge in [0, 0.05) is 11.4 Å². The molecule has 1 unspecified atom stereocenters. The van der Waals surface area contributed by atoms with Crippen LogP contribution in [0, 0.1) is 0 Å². The van der Waals surface area contributed by atoms with Gasteiger partial charge in [-0.1, -0.05) is 48.6 Å². The Morgan fingerprint density at radius 1 is 0.810 bits per heavy atom. The van der Waals surface area contributed by atoms with Crippen LogP contribution in [0.3, 0.4) is 0 Å². The second-order valence-electron chi connectivity index (χ2n) is 6.05. The molecule has 1 aliphatic heterocycles. The lowest BCUT2D eigenvalue weighted by atomic mass is 9.99. The van der Waals surface area contributed by atoms with Crippen molar-refractivity contribution in [2.24, 2.45) is 0 Å². The molecule has 0 N–H and O–H groups in total. The first kappa shape index (κ1) is 12.7. The molecular formula is C20H21N. The van der Waals surface area contributed by atoms with Crippen LogP contribution in [0.15, 0.2) is 60.7 Å². The summed E-state index contributed by atoms with van der Waals surface area (Å²) in [5.41, 5.74) is 5.76. The molecule has 1 heterocycles. The van der Waals surface area contributed by atoms with E-state index in [9.17, 15) is 0 Å². The summed E-state index contributed by atoms with van der Waals surface area (Å²) < 4.78 is 0. The smallest absolute Gasteiger partial charge is 0.0522 e. The van der Waals surface area contributed by atoms with Crippen molar-refractivity contribution in [1.82, 2.24) is 0 Å². The van der Waals surface area contributed by atoms with Crippen LogP contribution >= 0.6 is 0 Å². The molecule has 4 rings (SSSR count). The van der Waals surface area contributed by atoms with Gasteiger partial charge < -0.3 is 4.90 Å². The summed E-state index contributed by atoms with van der Waals surface area (Å²) in [5, 5.41) is 0. The van der Waals surface area contributed by atoms with E-state index in [0.717, 1.165) is 12.8 Å². The molecule has 0 aromatic heterocycles. The predicted octanol–water partition coefficient (Wildman–Crippen LogP) is 5.03. The van der Waals surface area contributed by atoms with Crippen molar-refractivity contribution in [3.63, 3.8) is 0 Å². The first-order valence-electron chi connectivity index (χ1n) is 8.05. The van der Waals surface area contributed by atoms with Crippen molar-refractivity contribution < 1.29 is 0 Å². The zero-order chi connectivity index (χ0) is 14.1. The number of rotatable bonds is 1. The minimum absolute atomic E-state index is 0.499. The maximum atomic E-state index is 2.58. The third-order valence-electron chi connectivity index (χ3n) is 4.73. The Balaban J connectivity index is 1.89. The normalized spacial score (nSPS) is 20.6. The summed E-state index contributed by atoms with van der Waals surface area (Å²) in [4.78, 5) is 2.58. The fourth-order valence-corrected chi connectivity index (χ4v) is 3.68. The third kappa shape index (κ3) is 2.27. The number of para-hydroxylation sites is 2. The number of nitrogens with zero attached hydrogens (tertiary/aromatic N) is 1. The summed E-state index contributed by atoms with van der Waals surface area (Å²) in [6.07, 6.45) is 10.8. The van der Waals surface area contributed by atoms with Crippen LogP contribution in [0.1, 0.15) is 30.4 Å². The largest absolute Gasteiger partial charge is 0.334 e. The monoisotopic (exact) mass is 275 g/mol. The van der Waals surface area contributed by atoms with E-state index in [-0.39, 0.29) is 0 Å². The van der Waals surface area contributed by atoms with E-state index in [0.29, 0.717) is 6.04 Å². The van der Waals surface area contributed by atoms with Gasteiger partial charge in [-0.2, -0.15) is 0 Å². The van der Waals surface area contributed by atoms with Gasteiger partial charge in [-0.3, -0.25) is 0 Å². The molecule has 0 spiro atoms. The van der Waals surface area contributed by atoms with Crippen molar-refractivity contribution in [3.8, 4) is 0 Å². The Kier molecular flexibility index (Phi) is 3.27. The molecule has 2 aliphatic rings. The zero-order valence-corrected chi connectivity index (χ0v) is 12.3. The Labute approximate surface area is 126 Å². The minimum atomic E-state index is 0.499. The van der Waals surface area contributed by atoms with Gasteiger partial charge in [0.1, 0.15) is 0 Å². The molecule has 1 atom stereocenters. The van der Waals surface area contributed by atoms with Crippen molar-refractivity contribution in [2.75, 3.05) is 4.90 Å². The number of allylic oxidation sites excluding steroid dienone is 1. The minimum Gasteiger partial charge on any atom is -0.334 e. The fourth-order valence-electron chi connectivity index (χ4n) is 3.68. The van der Waals surface area contributed by atoms with Gasteiger partial charge in [-0.15, -0.1) is 0 Å². The Bertz CT molecular complexity index is 624. The molecule has 2 aromatic carbocycles. The maximum Gasteiger partial charge on any atom is 0.0522 e. The highest BCUT2D eigenvalue weighted by Gasteiger charge is 2.25. The van der Waals surface area contributed by atoms with Crippen LogP contribution in [-0.2, 0) is 12.8 Å². The molecule has 0 fully saturated rings. The van der Waals surface area contributed by atoms with E-state index in [1.807, 2.05) is 0 Å². The number of hydrogen-bond donors (Lipinski definition) is 0. The van der Waals surface area contributed by atoms with E-state index >= 15 is 0 Å². The molecule has 2 aromatic rings. The topological polar surface area (TPSA) is 3.24 Å². The number of hydrogen-bond acceptors (Lipinski definition) is 1. The molecular weight excluding hydrogens is 254 g/mol. The van der Waals surface area contributed by atoms with E-state index in [1.54, 1.807) is 0 Å². The van der Waals surface area contributed by atoms with E-state index < -0.39 is 0 Å². The second-order valence-corrected chi connectivity index (χ2v) is 6.05. The molecule has 0 saturated carbocycles. The maximum absolute atomic E-state index is 2.58. The third-order valence-corrected chi connectivity index (χ3v) is 4.73. The van der Waals surface area contributed by atoms with Crippen LogP contribution in [0.25, 0.3) is 0 Å². The zero-order valence-electron chi connectivity index (χ0n) is 12.3. The quantitative estimate of drug-likeness (QED) is 0.660. The predicted molar refractivity (Wildman–Crippen MR) is 89.2 cm³/mol. The summed E-state index contributed by atoms with van der Waals surface area (Å²) in [6, 6.07) is 18.4. The molecule has 1 aliphatic carbocycles. The van der Waals surface area contributed by atoms with Crippen molar-refractivity contribution in [1.29, 1.82) is 0 Å². The fraction of sp³-hybridized carbons (Fsp3) is 0.300. The van der Waals surface area contributed by atoms with Gasteiger partial charge in [0.25, 0.3) is 0 Å². The summed E-state index contributed by atoms with van der Waals surface area (Å²) in [5.74, 6) is 0. The Morgan fingerprint density at radius 3 is 2.00 bits per heavy atom. The van der Waals surface area contributed by atoms with Crippen LogP contribution in [0.2, 0.25) is 0 Å². The van der Waals surface area contributed by atoms with Gasteiger partial charge in [-0.25, -0.2) is 0 Å². The van der Waals surface area contributed by atoms with E-state index in [1.165, 1.54) is 41.8 Å². The highest BCUT2D eigenvalue weighted by molar-refractivity contribution is 5.72. The summed E-state index contributed by atoms with van der Waals surface area (Å²) in [7, 11) is 0. The molecule has 1 heteroatoms. The highest BCUT2D eigenvalue weighted by atomic mass is 15.2. The number of anilines is 2. The second kappa shape index (κ2) is 5.40. The first-order valence-corrected chi connectivity index (χ1v) is 8.05. The number of benzene rings is 2. The lowest BCUT2D eigenvalue weighted by molar-refractivity contribution is 0.631. The first-order chi connectivity index (χ1) is 10.4. The van der Waals surface area contributed by atoms with Crippen molar-refractivity contribution in [3.05, 3.63) is 71.8 Å². The number of aryl methyl sites for hydroxylation is 2. The van der Waals surface area contributed by atoms with Crippen LogP contribution < -0.4 is 4.90 Å². The standard InChI is InChI=1S/C20H21N/c1-2-10-18(11-3-1)21-19-12-6-4-8-16(19)14-15-17-9-5-7-13-20(17)21/h2,4-10,12-13,18H,1,3,11,14-15H2. The van der Waals surface area contributed by atoms with Gasteiger partial charge in [0.05, 0.1) is 6.04 Å². The average molecular weight is 275 g/mol. The molecule has 0 radical (unpaired) electrons. The Morgan fingerprint density at radius 2 is 1.43 bits per heavy atom. The lowest BCUT2D eigenvalue weighted by Gasteiger charge is -2.34. The molecule has 21 heavy (non-hydrogen) atoms. The Hall–Kier alpha value is -2.02. The van der Waals surface area contributed by atoms with Crippen molar-refractivity contribution in [2.45, 2.75) is 38.1 Å². The molecule has 106 valence electrons. The van der Waals surface area contributed by atoms with Crippen LogP contribution in [0.4, 0.5) is 11.4 Å². The van der Waals surface area contributed by atoms with Gasteiger partial charge in [0.2, 0.25) is 0 Å². The SMILES string of the molecule is C1=CC(N2c3ccccc3CCc3ccccc32)CCC1. The summed E-state index contributed by atoms with van der Waals surface area (Å²) in [6.45, 7) is 0. The molecule has 0 amide bonds. The molecule has 0 bridgehead atoms.